The lowest BCUT2D eigenvalue weighted by molar-refractivity contribution is -0.136. The second-order valence-electron chi connectivity index (χ2n) is 6.08. The fraction of sp³-hybridized carbons (Fsp3) is 0.273. The molecule has 6 nitrogen and oxygen atoms in total. The third kappa shape index (κ3) is 5.36. The highest BCUT2D eigenvalue weighted by atomic mass is 16.5. The van der Waals surface area contributed by atoms with Gasteiger partial charge in [-0.2, -0.15) is 0 Å². The highest BCUT2D eigenvalue weighted by molar-refractivity contribution is 5.99. The number of Topliss-reactive ketones (excluding diaryl/α,β-unsaturated/α-hetero) is 1. The molecule has 2 aromatic carbocycles. The summed E-state index contributed by atoms with van der Waals surface area (Å²) in [5.74, 6) is 1.16. The van der Waals surface area contributed by atoms with E-state index < -0.39 is 5.97 Å². The lowest BCUT2D eigenvalue weighted by Crippen LogP contribution is -2.12. The van der Waals surface area contributed by atoms with E-state index in [0.717, 1.165) is 12.0 Å². The standard InChI is InChI=1S/C22H22O6/c1-2-25-18-8-6-17(7-9-18)19(23)15-28-22(24)11-5-16-4-10-20-21(14-16)27-13-3-12-26-20/h4-11,14H,2-3,12-13,15H2,1H3/b11-5+. The van der Waals surface area contributed by atoms with Crippen LogP contribution in [0, 0.1) is 0 Å². The largest absolute Gasteiger partial charge is 0.494 e. The minimum absolute atomic E-state index is 0.277. The fourth-order valence-corrected chi connectivity index (χ4v) is 2.62. The van der Waals surface area contributed by atoms with Crippen molar-refractivity contribution >= 4 is 17.8 Å². The first-order valence-corrected chi connectivity index (χ1v) is 9.16. The van der Waals surface area contributed by atoms with Crippen molar-refractivity contribution in [3.8, 4) is 17.2 Å². The van der Waals surface area contributed by atoms with Gasteiger partial charge in [-0.1, -0.05) is 6.07 Å². The molecule has 146 valence electrons. The Morgan fingerprint density at radius 3 is 2.54 bits per heavy atom. The first-order chi connectivity index (χ1) is 13.7. The molecule has 28 heavy (non-hydrogen) atoms. The second-order valence-corrected chi connectivity index (χ2v) is 6.08. The van der Waals surface area contributed by atoms with Crippen molar-refractivity contribution in [1.29, 1.82) is 0 Å². The minimum atomic E-state index is -0.591. The number of rotatable bonds is 7. The molecule has 1 heterocycles. The molecule has 0 aliphatic carbocycles. The van der Waals surface area contributed by atoms with E-state index in [-0.39, 0.29) is 12.4 Å². The van der Waals surface area contributed by atoms with Crippen LogP contribution in [0.3, 0.4) is 0 Å². The SMILES string of the molecule is CCOc1ccc(C(=O)COC(=O)/C=C/c2ccc3c(c2)OCCCO3)cc1. The van der Waals surface area contributed by atoms with Gasteiger partial charge in [0.25, 0.3) is 0 Å². The molecule has 0 bridgehead atoms. The van der Waals surface area contributed by atoms with Gasteiger partial charge in [0, 0.05) is 18.1 Å². The molecule has 0 unspecified atom stereocenters. The Kier molecular flexibility index (Phi) is 6.68. The average Bonchev–Trinajstić information content (AvgIpc) is 2.96. The summed E-state index contributed by atoms with van der Waals surface area (Å²) in [6.07, 6.45) is 3.72. The summed E-state index contributed by atoms with van der Waals surface area (Å²) in [5, 5.41) is 0. The number of esters is 1. The van der Waals surface area contributed by atoms with Crippen molar-refractivity contribution in [3.63, 3.8) is 0 Å². The topological polar surface area (TPSA) is 71.1 Å². The quantitative estimate of drug-likeness (QED) is 0.413. The summed E-state index contributed by atoms with van der Waals surface area (Å²) >= 11 is 0. The van der Waals surface area contributed by atoms with Crippen molar-refractivity contribution < 1.29 is 28.5 Å². The van der Waals surface area contributed by atoms with Gasteiger partial charge >= 0.3 is 5.97 Å². The Hall–Kier alpha value is -3.28. The molecular formula is C22H22O6. The summed E-state index contributed by atoms with van der Waals surface area (Å²) in [6.45, 7) is 3.34. The lowest BCUT2D eigenvalue weighted by Gasteiger charge is -2.07. The fourth-order valence-electron chi connectivity index (χ4n) is 2.62. The Labute approximate surface area is 163 Å². The molecule has 0 amide bonds. The number of carbonyl (C=O) groups excluding carboxylic acids is 2. The molecule has 0 aromatic heterocycles. The minimum Gasteiger partial charge on any atom is -0.494 e. The molecule has 0 spiro atoms. The summed E-state index contributed by atoms with van der Waals surface area (Å²) in [5.41, 5.74) is 1.24. The maximum Gasteiger partial charge on any atom is 0.331 e. The summed E-state index contributed by atoms with van der Waals surface area (Å²) in [4.78, 5) is 24.0. The van der Waals surface area contributed by atoms with Gasteiger partial charge in [0.1, 0.15) is 5.75 Å². The van der Waals surface area contributed by atoms with Gasteiger partial charge in [0.15, 0.2) is 23.9 Å². The van der Waals surface area contributed by atoms with Crippen LogP contribution in [0.1, 0.15) is 29.3 Å². The maximum atomic E-state index is 12.1. The van der Waals surface area contributed by atoms with Crippen LogP contribution >= 0.6 is 0 Å². The number of benzene rings is 2. The normalized spacial score (nSPS) is 13.0. The molecule has 0 saturated heterocycles. The number of fused-ring (bicyclic) bond motifs is 1. The monoisotopic (exact) mass is 382 g/mol. The molecule has 0 N–H and O–H groups in total. The molecule has 6 heteroatoms. The Balaban J connectivity index is 1.52. The molecule has 3 rings (SSSR count). The number of hydrogen-bond donors (Lipinski definition) is 0. The molecule has 0 saturated carbocycles. The van der Waals surface area contributed by atoms with Crippen LogP contribution in [0.25, 0.3) is 6.08 Å². The number of hydrogen-bond acceptors (Lipinski definition) is 6. The van der Waals surface area contributed by atoms with Crippen LogP contribution in [0.15, 0.2) is 48.5 Å². The Bertz CT molecular complexity index is 854. The van der Waals surface area contributed by atoms with Gasteiger partial charge in [-0.05, 0) is 55.0 Å². The van der Waals surface area contributed by atoms with E-state index in [2.05, 4.69) is 0 Å². The van der Waals surface area contributed by atoms with Crippen molar-refractivity contribution in [3.05, 3.63) is 59.7 Å². The zero-order valence-corrected chi connectivity index (χ0v) is 15.7. The van der Waals surface area contributed by atoms with Crippen LogP contribution in [0.5, 0.6) is 17.2 Å². The predicted molar refractivity (Wildman–Crippen MR) is 104 cm³/mol. The van der Waals surface area contributed by atoms with Crippen molar-refractivity contribution in [2.45, 2.75) is 13.3 Å². The van der Waals surface area contributed by atoms with E-state index in [1.54, 1.807) is 42.5 Å². The summed E-state index contributed by atoms with van der Waals surface area (Å²) < 4.78 is 21.5. The van der Waals surface area contributed by atoms with Gasteiger partial charge in [0.2, 0.25) is 0 Å². The van der Waals surface area contributed by atoms with Crippen LogP contribution in [0.4, 0.5) is 0 Å². The summed E-state index contributed by atoms with van der Waals surface area (Å²) in [6, 6.07) is 12.1. The van der Waals surface area contributed by atoms with E-state index in [0.29, 0.717) is 42.6 Å². The van der Waals surface area contributed by atoms with Gasteiger partial charge < -0.3 is 18.9 Å². The van der Waals surface area contributed by atoms with E-state index >= 15 is 0 Å². The molecule has 0 radical (unpaired) electrons. The van der Waals surface area contributed by atoms with E-state index in [4.69, 9.17) is 18.9 Å². The van der Waals surface area contributed by atoms with Crippen molar-refractivity contribution in [2.75, 3.05) is 26.4 Å². The number of ether oxygens (including phenoxy) is 4. The zero-order chi connectivity index (χ0) is 19.8. The third-order valence-electron chi connectivity index (χ3n) is 4.02. The Morgan fingerprint density at radius 1 is 1.04 bits per heavy atom. The Morgan fingerprint density at radius 2 is 1.79 bits per heavy atom. The zero-order valence-electron chi connectivity index (χ0n) is 15.7. The van der Waals surface area contributed by atoms with Crippen LogP contribution in [-0.4, -0.2) is 38.2 Å². The van der Waals surface area contributed by atoms with Crippen molar-refractivity contribution in [2.24, 2.45) is 0 Å². The number of ketones is 1. The molecule has 2 aromatic rings. The molecule has 1 aliphatic heterocycles. The van der Waals surface area contributed by atoms with Crippen LogP contribution in [0.2, 0.25) is 0 Å². The highest BCUT2D eigenvalue weighted by Crippen LogP contribution is 2.30. The molecule has 0 atom stereocenters. The molecule has 1 aliphatic rings. The number of carbonyl (C=O) groups is 2. The summed E-state index contributed by atoms with van der Waals surface area (Å²) in [7, 11) is 0. The van der Waals surface area contributed by atoms with E-state index in [1.807, 2.05) is 13.0 Å². The third-order valence-corrected chi connectivity index (χ3v) is 4.02. The smallest absolute Gasteiger partial charge is 0.331 e. The van der Waals surface area contributed by atoms with Crippen molar-refractivity contribution in [1.82, 2.24) is 0 Å². The van der Waals surface area contributed by atoms with Gasteiger partial charge in [-0.3, -0.25) is 4.79 Å². The first-order valence-electron chi connectivity index (χ1n) is 9.16. The average molecular weight is 382 g/mol. The molecule has 0 fully saturated rings. The van der Waals surface area contributed by atoms with Gasteiger partial charge in [-0.25, -0.2) is 4.79 Å². The predicted octanol–water partition coefficient (Wildman–Crippen LogP) is 3.69. The van der Waals surface area contributed by atoms with Gasteiger partial charge in [-0.15, -0.1) is 0 Å². The van der Waals surface area contributed by atoms with Crippen LogP contribution in [-0.2, 0) is 9.53 Å². The van der Waals surface area contributed by atoms with Crippen LogP contribution < -0.4 is 14.2 Å². The highest BCUT2D eigenvalue weighted by Gasteiger charge is 2.11. The lowest BCUT2D eigenvalue weighted by atomic mass is 10.1. The van der Waals surface area contributed by atoms with E-state index in [9.17, 15) is 9.59 Å². The molecular weight excluding hydrogens is 360 g/mol. The van der Waals surface area contributed by atoms with E-state index in [1.165, 1.54) is 6.08 Å². The maximum absolute atomic E-state index is 12.1. The second kappa shape index (κ2) is 9.60. The van der Waals surface area contributed by atoms with Gasteiger partial charge in [0.05, 0.1) is 19.8 Å². The first kappa shape index (κ1) is 19.5.